The van der Waals surface area contributed by atoms with Crippen LogP contribution in [-0.4, -0.2) is 18.1 Å². The summed E-state index contributed by atoms with van der Waals surface area (Å²) in [4.78, 5) is 14.1. The molecule has 0 aliphatic heterocycles. The summed E-state index contributed by atoms with van der Waals surface area (Å²) in [7, 11) is 1.07. The van der Waals surface area contributed by atoms with E-state index in [9.17, 15) is 26.7 Å². The number of ether oxygens (including phenoxy) is 1. The van der Waals surface area contributed by atoms with Crippen molar-refractivity contribution in [3.8, 4) is 0 Å². The highest BCUT2D eigenvalue weighted by Crippen LogP contribution is 2.39. The van der Waals surface area contributed by atoms with Crippen molar-refractivity contribution in [3.05, 3.63) is 26.6 Å². The molecule has 3 nitrogen and oxygen atoms in total. The average molecular weight is 395 g/mol. The van der Waals surface area contributed by atoms with Crippen LogP contribution in [0.5, 0.6) is 0 Å². The molecule has 0 aromatic carbocycles. The zero-order chi connectivity index (χ0) is 14.8. The Labute approximate surface area is 118 Å². The topological polar surface area (TPSA) is 39.2 Å². The fourth-order valence-electron chi connectivity index (χ4n) is 1.33. The quantitative estimate of drug-likeness (QED) is 0.448. The standard InChI is InChI=1S/C10H7F5INO2/c1-19-5(18)2-4-3-17-8(9(11)12)6(7(4)16)10(13,14)15/h3,9H,2H2,1H3. The van der Waals surface area contributed by atoms with Gasteiger partial charge in [0, 0.05) is 9.77 Å². The number of rotatable bonds is 3. The molecule has 0 N–H and O–H groups in total. The molecule has 0 amide bonds. The number of carbonyl (C=O) groups is 1. The number of esters is 1. The molecular weight excluding hydrogens is 388 g/mol. The van der Waals surface area contributed by atoms with Gasteiger partial charge >= 0.3 is 12.1 Å². The van der Waals surface area contributed by atoms with Crippen LogP contribution in [-0.2, 0) is 22.1 Å². The van der Waals surface area contributed by atoms with Crippen LogP contribution in [0.1, 0.15) is 23.2 Å². The number of carbonyl (C=O) groups excluding carboxylic acids is 1. The Balaban J connectivity index is 3.38. The summed E-state index contributed by atoms with van der Waals surface area (Å²) in [5.41, 5.74) is -2.96. The largest absolute Gasteiger partial charge is 0.469 e. The smallest absolute Gasteiger partial charge is 0.419 e. The third-order valence-electron chi connectivity index (χ3n) is 2.17. The molecule has 1 aromatic heterocycles. The van der Waals surface area contributed by atoms with E-state index in [1.807, 2.05) is 0 Å². The van der Waals surface area contributed by atoms with Crippen LogP contribution in [0.25, 0.3) is 0 Å². The van der Waals surface area contributed by atoms with Gasteiger partial charge in [-0.15, -0.1) is 0 Å². The Hall–Kier alpha value is -1.00. The number of hydrogen-bond donors (Lipinski definition) is 0. The maximum atomic E-state index is 12.8. The monoisotopic (exact) mass is 395 g/mol. The highest BCUT2D eigenvalue weighted by Gasteiger charge is 2.40. The van der Waals surface area contributed by atoms with Crippen LogP contribution in [0.15, 0.2) is 6.20 Å². The average Bonchev–Trinajstić information content (AvgIpc) is 2.29. The molecule has 0 saturated heterocycles. The molecule has 0 aliphatic rings. The zero-order valence-electron chi connectivity index (χ0n) is 9.39. The summed E-state index contributed by atoms with van der Waals surface area (Å²) in [5.74, 6) is -0.780. The van der Waals surface area contributed by atoms with Gasteiger partial charge in [-0.05, 0) is 28.2 Å². The number of halogens is 6. The highest BCUT2D eigenvalue weighted by atomic mass is 127. The van der Waals surface area contributed by atoms with Crippen molar-refractivity contribution in [3.63, 3.8) is 0 Å². The van der Waals surface area contributed by atoms with Gasteiger partial charge in [-0.2, -0.15) is 13.2 Å². The van der Waals surface area contributed by atoms with Crippen LogP contribution in [0.4, 0.5) is 22.0 Å². The predicted octanol–water partition coefficient (Wildman–Crippen LogP) is 3.36. The van der Waals surface area contributed by atoms with Crippen LogP contribution in [0.3, 0.4) is 0 Å². The molecule has 0 atom stereocenters. The van der Waals surface area contributed by atoms with Gasteiger partial charge in [-0.25, -0.2) is 8.78 Å². The molecule has 1 heterocycles. The second-order valence-electron chi connectivity index (χ2n) is 3.41. The van der Waals surface area contributed by atoms with Gasteiger partial charge in [0.25, 0.3) is 6.43 Å². The van der Waals surface area contributed by atoms with Gasteiger partial charge in [0.2, 0.25) is 0 Å². The first-order valence-corrected chi connectivity index (χ1v) is 5.85. The molecule has 0 radical (unpaired) electrons. The Morgan fingerprint density at radius 1 is 1.47 bits per heavy atom. The number of alkyl halides is 5. The molecule has 1 rings (SSSR count). The molecule has 1 aromatic rings. The van der Waals surface area contributed by atoms with E-state index in [4.69, 9.17) is 0 Å². The third kappa shape index (κ3) is 3.74. The van der Waals surface area contributed by atoms with Gasteiger partial charge in [0.1, 0.15) is 5.69 Å². The van der Waals surface area contributed by atoms with Gasteiger partial charge in [-0.3, -0.25) is 9.78 Å². The number of methoxy groups -OCH3 is 1. The molecular formula is C10H7F5INO2. The van der Waals surface area contributed by atoms with Crippen molar-refractivity contribution >= 4 is 28.6 Å². The lowest BCUT2D eigenvalue weighted by atomic mass is 10.1. The van der Waals surface area contributed by atoms with Crippen molar-refractivity contribution in [2.45, 2.75) is 19.0 Å². The predicted molar refractivity (Wildman–Crippen MR) is 62.6 cm³/mol. The maximum absolute atomic E-state index is 12.8. The Morgan fingerprint density at radius 2 is 2.05 bits per heavy atom. The number of aromatic nitrogens is 1. The van der Waals surface area contributed by atoms with E-state index in [1.54, 1.807) is 0 Å². The Morgan fingerprint density at radius 3 is 2.47 bits per heavy atom. The summed E-state index contributed by atoms with van der Waals surface area (Å²) < 4.78 is 67.2. The van der Waals surface area contributed by atoms with Crippen molar-refractivity contribution in [2.75, 3.05) is 7.11 Å². The minimum atomic E-state index is -4.97. The van der Waals surface area contributed by atoms with Crippen molar-refractivity contribution < 1.29 is 31.5 Å². The van der Waals surface area contributed by atoms with Crippen molar-refractivity contribution in [1.29, 1.82) is 0 Å². The molecule has 19 heavy (non-hydrogen) atoms. The first-order valence-electron chi connectivity index (χ1n) is 4.78. The highest BCUT2D eigenvalue weighted by molar-refractivity contribution is 14.1. The van der Waals surface area contributed by atoms with Crippen molar-refractivity contribution in [1.82, 2.24) is 4.98 Å². The van der Waals surface area contributed by atoms with E-state index in [2.05, 4.69) is 9.72 Å². The summed E-state index contributed by atoms with van der Waals surface area (Å²) in [6.45, 7) is 0. The van der Waals surface area contributed by atoms with Crippen LogP contribution in [0, 0.1) is 3.57 Å². The van der Waals surface area contributed by atoms with E-state index in [-0.39, 0.29) is 5.56 Å². The summed E-state index contributed by atoms with van der Waals surface area (Å²) >= 11 is 1.27. The van der Waals surface area contributed by atoms with Gasteiger partial charge in [-0.1, -0.05) is 0 Å². The molecule has 0 unspecified atom stereocenters. The van der Waals surface area contributed by atoms with Crippen LogP contribution in [0.2, 0.25) is 0 Å². The minimum absolute atomic E-state index is 0.107. The lowest BCUT2D eigenvalue weighted by Crippen LogP contribution is -2.17. The van der Waals surface area contributed by atoms with Crippen LogP contribution >= 0.6 is 22.6 Å². The maximum Gasteiger partial charge on any atom is 0.419 e. The first-order chi connectivity index (χ1) is 8.68. The Bertz CT molecular complexity index is 490. The molecule has 0 saturated carbocycles. The lowest BCUT2D eigenvalue weighted by Gasteiger charge is -2.15. The van der Waals surface area contributed by atoms with Gasteiger partial charge < -0.3 is 4.74 Å². The lowest BCUT2D eigenvalue weighted by molar-refractivity contribution is -0.142. The van der Waals surface area contributed by atoms with E-state index in [1.165, 1.54) is 22.6 Å². The van der Waals surface area contributed by atoms with Gasteiger partial charge in [0.05, 0.1) is 19.1 Å². The van der Waals surface area contributed by atoms with E-state index in [0.717, 1.165) is 13.3 Å². The molecule has 0 bridgehead atoms. The minimum Gasteiger partial charge on any atom is -0.469 e. The Kier molecular flexibility index (Phi) is 5.04. The molecule has 0 aliphatic carbocycles. The molecule has 0 spiro atoms. The van der Waals surface area contributed by atoms with Crippen molar-refractivity contribution in [2.24, 2.45) is 0 Å². The van der Waals surface area contributed by atoms with E-state index < -0.39 is 39.8 Å². The summed E-state index contributed by atoms with van der Waals surface area (Å²) in [5, 5.41) is 0. The normalized spacial score (nSPS) is 11.8. The van der Waals surface area contributed by atoms with E-state index in [0.29, 0.717) is 0 Å². The number of nitrogens with zero attached hydrogens (tertiary/aromatic N) is 1. The fraction of sp³-hybridized carbons (Fsp3) is 0.400. The van der Waals surface area contributed by atoms with E-state index >= 15 is 0 Å². The first kappa shape index (κ1) is 16.1. The molecule has 106 valence electrons. The third-order valence-corrected chi connectivity index (χ3v) is 3.40. The zero-order valence-corrected chi connectivity index (χ0v) is 11.6. The SMILES string of the molecule is COC(=O)Cc1cnc(C(F)F)c(C(F)(F)F)c1I. The number of pyridine rings is 1. The summed E-state index contributed by atoms with van der Waals surface area (Å²) in [6, 6.07) is 0. The second kappa shape index (κ2) is 5.97. The number of hydrogen-bond acceptors (Lipinski definition) is 3. The van der Waals surface area contributed by atoms with Gasteiger partial charge in [0.15, 0.2) is 0 Å². The van der Waals surface area contributed by atoms with Crippen LogP contribution < -0.4 is 0 Å². The molecule has 9 heteroatoms. The fourth-order valence-corrected chi connectivity index (χ4v) is 2.24. The second-order valence-corrected chi connectivity index (χ2v) is 4.49. The summed E-state index contributed by atoms with van der Waals surface area (Å²) in [6.07, 6.45) is -7.96. The molecule has 0 fully saturated rings.